The molecule has 0 bridgehead atoms. The van der Waals surface area contributed by atoms with E-state index >= 15 is 0 Å². The first-order chi connectivity index (χ1) is 9.40. The summed E-state index contributed by atoms with van der Waals surface area (Å²) in [6.07, 6.45) is 2.86. The van der Waals surface area contributed by atoms with Gasteiger partial charge >= 0.3 is 5.97 Å². The monoisotopic (exact) mass is 359 g/mol. The Morgan fingerprint density at radius 2 is 2.10 bits per heavy atom. The van der Waals surface area contributed by atoms with E-state index in [2.05, 4.69) is 20.7 Å². The summed E-state index contributed by atoms with van der Waals surface area (Å²) in [4.78, 5) is 10.9. The third-order valence-corrected chi connectivity index (χ3v) is 4.62. The molecule has 0 saturated heterocycles. The second-order valence-corrected chi connectivity index (χ2v) is 6.52. The molecule has 20 heavy (non-hydrogen) atoms. The lowest BCUT2D eigenvalue weighted by Crippen LogP contribution is -2.23. The highest BCUT2D eigenvalue weighted by Crippen LogP contribution is 2.21. The smallest absolute Gasteiger partial charge is 0.336 e. The van der Waals surface area contributed by atoms with Gasteiger partial charge in [-0.2, -0.15) is 0 Å². The Balaban J connectivity index is 2.25. The number of sulfonamides is 1. The second kappa shape index (κ2) is 5.78. The van der Waals surface area contributed by atoms with Crippen molar-refractivity contribution in [1.29, 1.82) is 0 Å². The Labute approximate surface area is 123 Å². The molecular formula is C12H10BrNO5S. The van der Waals surface area contributed by atoms with Crippen molar-refractivity contribution in [1.82, 2.24) is 4.72 Å². The minimum absolute atomic E-state index is 0.0668. The zero-order valence-corrected chi connectivity index (χ0v) is 12.4. The lowest BCUT2D eigenvalue weighted by atomic mass is 10.2. The molecule has 0 aliphatic rings. The van der Waals surface area contributed by atoms with Gasteiger partial charge in [-0.15, -0.1) is 0 Å². The molecule has 2 rings (SSSR count). The maximum atomic E-state index is 12.1. The van der Waals surface area contributed by atoms with Crippen molar-refractivity contribution in [2.24, 2.45) is 0 Å². The van der Waals surface area contributed by atoms with Gasteiger partial charge in [0.05, 0.1) is 23.0 Å². The van der Waals surface area contributed by atoms with Crippen LogP contribution >= 0.6 is 15.9 Å². The standard InChI is InChI=1S/C12H10BrNO5S/c13-11-2-1-9(5-10(11)12(15)16)20(17,18)14-6-8-3-4-19-7-8/h1-5,7,14H,6H2,(H,15,16). The summed E-state index contributed by atoms with van der Waals surface area (Å²) in [7, 11) is -3.78. The molecule has 2 aromatic rings. The average molecular weight is 360 g/mol. The Hall–Kier alpha value is -1.64. The van der Waals surface area contributed by atoms with Crippen LogP contribution in [0.15, 0.2) is 50.6 Å². The van der Waals surface area contributed by atoms with Crippen molar-refractivity contribution in [3.63, 3.8) is 0 Å². The van der Waals surface area contributed by atoms with E-state index in [1.165, 1.54) is 24.7 Å². The number of nitrogens with one attached hydrogen (secondary N) is 1. The van der Waals surface area contributed by atoms with Crippen LogP contribution in [-0.4, -0.2) is 19.5 Å². The highest BCUT2D eigenvalue weighted by Gasteiger charge is 2.18. The molecule has 0 aliphatic carbocycles. The van der Waals surface area contributed by atoms with Crippen molar-refractivity contribution in [2.75, 3.05) is 0 Å². The quantitative estimate of drug-likeness (QED) is 0.852. The van der Waals surface area contributed by atoms with Gasteiger partial charge in [-0.3, -0.25) is 0 Å². The molecular weight excluding hydrogens is 350 g/mol. The predicted molar refractivity (Wildman–Crippen MR) is 73.8 cm³/mol. The summed E-state index contributed by atoms with van der Waals surface area (Å²) in [6.45, 7) is 0.0668. The number of aromatic carboxylic acids is 1. The lowest BCUT2D eigenvalue weighted by molar-refractivity contribution is 0.0695. The van der Waals surface area contributed by atoms with Crippen LogP contribution < -0.4 is 4.72 Å². The van der Waals surface area contributed by atoms with Crippen LogP contribution in [0.25, 0.3) is 0 Å². The number of carboxylic acid groups (broad SMARTS) is 1. The molecule has 0 atom stereocenters. The minimum atomic E-state index is -3.78. The molecule has 0 aliphatic heterocycles. The summed E-state index contributed by atoms with van der Waals surface area (Å²) in [5.74, 6) is -1.20. The summed E-state index contributed by atoms with van der Waals surface area (Å²) in [6, 6.07) is 5.45. The molecule has 0 amide bonds. The van der Waals surface area contributed by atoms with Crippen LogP contribution in [-0.2, 0) is 16.6 Å². The van der Waals surface area contributed by atoms with Gasteiger partial charge in [0.2, 0.25) is 10.0 Å². The van der Waals surface area contributed by atoms with E-state index in [0.717, 1.165) is 6.07 Å². The molecule has 0 radical (unpaired) electrons. The summed E-state index contributed by atoms with van der Waals surface area (Å²) in [5, 5.41) is 8.98. The molecule has 1 aromatic heterocycles. The van der Waals surface area contributed by atoms with Crippen LogP contribution in [0.5, 0.6) is 0 Å². The van der Waals surface area contributed by atoms with E-state index in [1.54, 1.807) is 6.07 Å². The SMILES string of the molecule is O=C(O)c1cc(S(=O)(=O)NCc2ccoc2)ccc1Br. The van der Waals surface area contributed by atoms with Gasteiger partial charge in [0.1, 0.15) is 0 Å². The average Bonchev–Trinajstić information content (AvgIpc) is 2.89. The fourth-order valence-electron chi connectivity index (χ4n) is 1.49. The molecule has 6 nitrogen and oxygen atoms in total. The molecule has 1 heterocycles. The summed E-state index contributed by atoms with van der Waals surface area (Å²) >= 11 is 3.06. The van der Waals surface area contributed by atoms with E-state index in [9.17, 15) is 13.2 Å². The third kappa shape index (κ3) is 3.27. The highest BCUT2D eigenvalue weighted by molar-refractivity contribution is 9.10. The second-order valence-electron chi connectivity index (χ2n) is 3.90. The van der Waals surface area contributed by atoms with E-state index in [0.29, 0.717) is 10.0 Å². The van der Waals surface area contributed by atoms with Gasteiger partial charge < -0.3 is 9.52 Å². The first kappa shape index (κ1) is 14.8. The van der Waals surface area contributed by atoms with Crippen molar-refractivity contribution >= 4 is 31.9 Å². The van der Waals surface area contributed by atoms with E-state index in [-0.39, 0.29) is 17.0 Å². The predicted octanol–water partition coefficient (Wildman–Crippen LogP) is 2.22. The Morgan fingerprint density at radius 3 is 2.70 bits per heavy atom. The normalized spacial score (nSPS) is 11.4. The van der Waals surface area contributed by atoms with Crippen molar-refractivity contribution in [2.45, 2.75) is 11.4 Å². The van der Waals surface area contributed by atoms with Crippen LogP contribution in [0.4, 0.5) is 0 Å². The molecule has 0 unspecified atom stereocenters. The highest BCUT2D eigenvalue weighted by atomic mass is 79.9. The van der Waals surface area contributed by atoms with E-state index in [1.807, 2.05) is 0 Å². The number of furan rings is 1. The van der Waals surface area contributed by atoms with Gasteiger partial charge in [-0.25, -0.2) is 17.9 Å². The number of hydrogen-bond acceptors (Lipinski definition) is 4. The fraction of sp³-hybridized carbons (Fsp3) is 0.0833. The minimum Gasteiger partial charge on any atom is -0.478 e. The number of halogens is 1. The van der Waals surface area contributed by atoms with Crippen LogP contribution in [0.3, 0.4) is 0 Å². The van der Waals surface area contributed by atoms with Gasteiger partial charge in [-0.05, 0) is 40.2 Å². The molecule has 0 fully saturated rings. The number of carbonyl (C=O) groups is 1. The Kier molecular flexibility index (Phi) is 4.26. The number of rotatable bonds is 5. The van der Waals surface area contributed by atoms with Crippen molar-refractivity contribution < 1.29 is 22.7 Å². The largest absolute Gasteiger partial charge is 0.478 e. The summed E-state index contributed by atoms with van der Waals surface area (Å²) in [5.41, 5.74) is 0.556. The maximum Gasteiger partial charge on any atom is 0.336 e. The van der Waals surface area contributed by atoms with E-state index < -0.39 is 16.0 Å². The molecule has 0 spiro atoms. The maximum absolute atomic E-state index is 12.1. The number of carboxylic acids is 1. The molecule has 106 valence electrons. The van der Waals surface area contributed by atoms with Crippen LogP contribution in [0.2, 0.25) is 0 Å². The molecule has 2 N–H and O–H groups in total. The van der Waals surface area contributed by atoms with Gasteiger partial charge in [0, 0.05) is 16.6 Å². The molecule has 1 aromatic carbocycles. The van der Waals surface area contributed by atoms with Crippen LogP contribution in [0, 0.1) is 0 Å². The number of benzene rings is 1. The zero-order valence-electron chi connectivity index (χ0n) is 10.0. The van der Waals surface area contributed by atoms with Crippen LogP contribution in [0.1, 0.15) is 15.9 Å². The van der Waals surface area contributed by atoms with Gasteiger partial charge in [-0.1, -0.05) is 0 Å². The first-order valence-corrected chi connectivity index (χ1v) is 7.71. The van der Waals surface area contributed by atoms with Crippen molar-refractivity contribution in [3.8, 4) is 0 Å². The lowest BCUT2D eigenvalue weighted by Gasteiger charge is -2.07. The zero-order chi connectivity index (χ0) is 14.8. The third-order valence-electron chi connectivity index (χ3n) is 2.52. The van der Waals surface area contributed by atoms with Gasteiger partial charge in [0.15, 0.2) is 0 Å². The first-order valence-electron chi connectivity index (χ1n) is 5.44. The summed E-state index contributed by atoms with van der Waals surface area (Å²) < 4.78 is 31.6. The van der Waals surface area contributed by atoms with E-state index in [4.69, 9.17) is 9.52 Å². The van der Waals surface area contributed by atoms with Gasteiger partial charge in [0.25, 0.3) is 0 Å². The molecule has 8 heteroatoms. The Bertz CT molecular complexity index is 724. The molecule has 0 saturated carbocycles. The fourth-order valence-corrected chi connectivity index (χ4v) is 2.95. The topological polar surface area (TPSA) is 96.6 Å². The Morgan fingerprint density at radius 1 is 1.35 bits per heavy atom. The number of hydrogen-bond donors (Lipinski definition) is 2. The van der Waals surface area contributed by atoms with Crippen molar-refractivity contribution in [3.05, 3.63) is 52.4 Å².